The first-order valence-electron chi connectivity index (χ1n) is 9.44. The van der Waals surface area contributed by atoms with Gasteiger partial charge in [0.2, 0.25) is 0 Å². The summed E-state index contributed by atoms with van der Waals surface area (Å²) in [5.41, 5.74) is 9.56. The minimum atomic E-state index is -0.411. The fraction of sp³-hybridized carbons (Fsp3) is 0.0400. The third kappa shape index (κ3) is 2.72. The molecule has 1 atom stereocenters. The quantitative estimate of drug-likeness (QED) is 0.233. The van der Waals surface area contributed by atoms with Crippen molar-refractivity contribution in [2.24, 2.45) is 5.41 Å². The third-order valence-electron chi connectivity index (χ3n) is 6.26. The smallest absolute Gasteiger partial charge is 0.0646 e. The summed E-state index contributed by atoms with van der Waals surface area (Å²) in [6.07, 6.45) is 11.4. The van der Waals surface area contributed by atoms with Crippen LogP contribution in [0, 0.1) is 5.41 Å². The molecule has 2 aromatic carbocycles. The molecule has 6 rings (SSSR count). The van der Waals surface area contributed by atoms with Gasteiger partial charge in [0.05, 0.1) is 5.41 Å². The Kier molecular flexibility index (Phi) is 5.07. The Hall–Kier alpha value is -0.240. The topological polar surface area (TPSA) is 0 Å². The molecule has 0 nitrogen and oxygen atoms in total. The van der Waals surface area contributed by atoms with Crippen LogP contribution in [0.2, 0.25) is 0 Å². The lowest BCUT2D eigenvalue weighted by Gasteiger charge is -2.41. The molecule has 1 unspecified atom stereocenters. The van der Waals surface area contributed by atoms with E-state index in [2.05, 4.69) is 156 Å². The summed E-state index contributed by atoms with van der Waals surface area (Å²) >= 11 is 23.1. The van der Waals surface area contributed by atoms with E-state index in [-0.39, 0.29) is 0 Å². The highest BCUT2D eigenvalue weighted by Crippen LogP contribution is 2.67. The molecule has 4 aliphatic carbocycles. The molecule has 0 aliphatic heterocycles. The van der Waals surface area contributed by atoms with Gasteiger partial charge >= 0.3 is 0 Å². The maximum atomic E-state index is 4.00. The molecule has 0 saturated carbocycles. The van der Waals surface area contributed by atoms with Crippen LogP contribution in [0.25, 0.3) is 23.3 Å². The molecule has 0 amide bonds. The largest absolute Gasteiger partial charge is 0.0725 e. The Morgan fingerprint density at radius 3 is 2.29 bits per heavy atom. The Morgan fingerprint density at radius 2 is 1.48 bits per heavy atom. The lowest BCUT2D eigenvalue weighted by molar-refractivity contribution is 0.741. The SMILES string of the molecule is BrC1=C2C(=Cc3cc(Br)c(Br)c(Br)c32)C2(C=CC=C3C2=Cc2ccccc23)C(Br)=C1Br. The summed E-state index contributed by atoms with van der Waals surface area (Å²) in [6, 6.07) is 10.8. The zero-order valence-electron chi connectivity index (χ0n) is 15.5. The van der Waals surface area contributed by atoms with Gasteiger partial charge in [0, 0.05) is 38.0 Å². The standard InChI is InChI=1S/C25H10Br6/c26-17-10-12-9-16-19(18(12)21(28)20(17)27)22(29)23(30)24(31)25(16)7-3-6-14-13-5-2-1-4-11(13)8-15(14)25/h1-10H. The van der Waals surface area contributed by atoms with Crippen molar-refractivity contribution < 1.29 is 0 Å². The van der Waals surface area contributed by atoms with Gasteiger partial charge in [-0.2, -0.15) is 0 Å². The summed E-state index contributed by atoms with van der Waals surface area (Å²) in [7, 11) is 0. The third-order valence-corrected chi connectivity index (χ3v) is 13.2. The number of rotatable bonds is 0. The molecular weight excluding hydrogens is 780 g/mol. The molecule has 0 aromatic heterocycles. The van der Waals surface area contributed by atoms with Gasteiger partial charge in [0.1, 0.15) is 0 Å². The van der Waals surface area contributed by atoms with Crippen molar-refractivity contribution in [1.29, 1.82) is 0 Å². The van der Waals surface area contributed by atoms with Crippen LogP contribution >= 0.6 is 95.6 Å². The molecule has 0 saturated heterocycles. The summed E-state index contributed by atoms with van der Waals surface area (Å²) in [5.74, 6) is 0. The van der Waals surface area contributed by atoms with E-state index >= 15 is 0 Å². The fourth-order valence-electron chi connectivity index (χ4n) is 4.94. The predicted molar refractivity (Wildman–Crippen MR) is 152 cm³/mol. The van der Waals surface area contributed by atoms with E-state index in [0.717, 1.165) is 26.9 Å². The first kappa shape index (κ1) is 21.3. The zero-order chi connectivity index (χ0) is 21.7. The van der Waals surface area contributed by atoms with Crippen LogP contribution in [0.5, 0.6) is 0 Å². The molecule has 0 heterocycles. The van der Waals surface area contributed by atoms with Crippen molar-refractivity contribution in [2.75, 3.05) is 0 Å². The van der Waals surface area contributed by atoms with Crippen molar-refractivity contribution in [1.82, 2.24) is 0 Å². The van der Waals surface area contributed by atoms with Crippen LogP contribution in [-0.4, -0.2) is 0 Å². The van der Waals surface area contributed by atoms with Crippen LogP contribution < -0.4 is 0 Å². The number of halogens is 6. The number of hydrogen-bond donors (Lipinski definition) is 0. The van der Waals surface area contributed by atoms with Crippen LogP contribution in [-0.2, 0) is 0 Å². The highest BCUT2D eigenvalue weighted by molar-refractivity contribution is 9.16. The molecular formula is C25H10Br6. The monoisotopic (exact) mass is 784 g/mol. The number of fused-ring (bicyclic) bond motifs is 8. The van der Waals surface area contributed by atoms with Crippen molar-refractivity contribution in [3.8, 4) is 0 Å². The summed E-state index contributed by atoms with van der Waals surface area (Å²) in [6.45, 7) is 0. The van der Waals surface area contributed by atoms with Crippen LogP contribution in [0.4, 0.5) is 0 Å². The first-order valence-corrected chi connectivity index (χ1v) is 14.2. The van der Waals surface area contributed by atoms with Gasteiger partial charge in [-0.3, -0.25) is 0 Å². The molecule has 152 valence electrons. The Labute approximate surface area is 230 Å². The second-order valence-electron chi connectivity index (χ2n) is 7.72. The van der Waals surface area contributed by atoms with E-state index in [1.807, 2.05) is 0 Å². The highest BCUT2D eigenvalue weighted by Gasteiger charge is 2.50. The average molecular weight is 790 g/mol. The normalized spacial score (nSPS) is 22.8. The lowest BCUT2D eigenvalue weighted by atomic mass is 9.65. The number of benzene rings is 2. The van der Waals surface area contributed by atoms with Gasteiger partial charge in [-0.25, -0.2) is 0 Å². The molecule has 4 aliphatic rings. The van der Waals surface area contributed by atoms with Crippen molar-refractivity contribution in [3.05, 3.63) is 109 Å². The molecule has 0 radical (unpaired) electrons. The highest BCUT2D eigenvalue weighted by atomic mass is 79.9. The van der Waals surface area contributed by atoms with Crippen molar-refractivity contribution in [2.45, 2.75) is 0 Å². The fourth-order valence-corrected chi connectivity index (χ4v) is 8.75. The van der Waals surface area contributed by atoms with Gasteiger partial charge in [-0.05, 0) is 131 Å². The van der Waals surface area contributed by atoms with Crippen LogP contribution in [0.3, 0.4) is 0 Å². The average Bonchev–Trinajstić information content (AvgIpc) is 3.34. The van der Waals surface area contributed by atoms with Crippen molar-refractivity contribution in [3.63, 3.8) is 0 Å². The summed E-state index contributed by atoms with van der Waals surface area (Å²) in [4.78, 5) is 0. The Balaban J connectivity index is 1.68. The minimum Gasteiger partial charge on any atom is -0.0646 e. The van der Waals surface area contributed by atoms with Crippen molar-refractivity contribution >= 4 is 119 Å². The molecule has 0 bridgehead atoms. The van der Waals surface area contributed by atoms with Gasteiger partial charge in [0.15, 0.2) is 0 Å². The van der Waals surface area contributed by atoms with Gasteiger partial charge in [0.25, 0.3) is 0 Å². The van der Waals surface area contributed by atoms with Crippen LogP contribution in [0.15, 0.2) is 86.6 Å². The molecule has 2 aromatic rings. The Bertz CT molecular complexity index is 1430. The second kappa shape index (κ2) is 7.38. The second-order valence-corrected chi connectivity index (χ2v) is 12.5. The molecule has 0 N–H and O–H groups in total. The minimum absolute atomic E-state index is 0.411. The zero-order valence-corrected chi connectivity index (χ0v) is 25.1. The summed E-state index contributed by atoms with van der Waals surface area (Å²) < 4.78 is 6.26. The van der Waals surface area contributed by atoms with E-state index in [9.17, 15) is 0 Å². The first-order chi connectivity index (χ1) is 14.9. The van der Waals surface area contributed by atoms with E-state index in [4.69, 9.17) is 0 Å². The van der Waals surface area contributed by atoms with Crippen LogP contribution in [0.1, 0.15) is 22.3 Å². The molecule has 0 fully saturated rings. The van der Waals surface area contributed by atoms with E-state index in [1.165, 1.54) is 44.5 Å². The maximum Gasteiger partial charge on any atom is 0.0725 e. The molecule has 31 heavy (non-hydrogen) atoms. The molecule has 1 spiro atoms. The van der Waals surface area contributed by atoms with E-state index in [0.29, 0.717) is 0 Å². The lowest BCUT2D eigenvalue weighted by Crippen LogP contribution is -2.28. The Morgan fingerprint density at radius 1 is 0.742 bits per heavy atom. The number of hydrogen-bond acceptors (Lipinski definition) is 0. The van der Waals surface area contributed by atoms with E-state index in [1.54, 1.807) is 0 Å². The summed E-state index contributed by atoms with van der Waals surface area (Å²) in [5, 5.41) is 0. The van der Waals surface area contributed by atoms with Gasteiger partial charge < -0.3 is 0 Å². The van der Waals surface area contributed by atoms with E-state index < -0.39 is 5.41 Å². The maximum absolute atomic E-state index is 4.00. The van der Waals surface area contributed by atoms with Gasteiger partial charge in [-0.15, -0.1) is 0 Å². The van der Waals surface area contributed by atoms with Gasteiger partial charge in [-0.1, -0.05) is 58.4 Å². The number of allylic oxidation sites excluding steroid dienone is 10. The molecule has 6 heteroatoms. The predicted octanol–water partition coefficient (Wildman–Crippen LogP) is 10.5.